The third kappa shape index (κ3) is 5.04. The molecule has 0 saturated carbocycles. The lowest BCUT2D eigenvalue weighted by Crippen LogP contribution is -2.01. The first-order valence-electron chi connectivity index (χ1n) is 5.45. The van der Waals surface area contributed by atoms with Gasteiger partial charge in [0, 0.05) is 0 Å². The van der Waals surface area contributed by atoms with Crippen molar-refractivity contribution in [1.82, 2.24) is 0 Å². The predicted molar refractivity (Wildman–Crippen MR) is 69.0 cm³/mol. The third-order valence-corrected chi connectivity index (χ3v) is 2.16. The van der Waals surface area contributed by atoms with E-state index in [2.05, 4.69) is 12.1 Å². The van der Waals surface area contributed by atoms with Gasteiger partial charge in [0.05, 0.1) is 0 Å². The van der Waals surface area contributed by atoms with Crippen LogP contribution in [0.2, 0.25) is 0 Å². The van der Waals surface area contributed by atoms with E-state index in [1.165, 1.54) is 17.7 Å². The highest BCUT2D eigenvalue weighted by molar-refractivity contribution is 5.36. The lowest BCUT2D eigenvalue weighted by Gasteiger charge is -1.93. The highest BCUT2D eigenvalue weighted by Crippen LogP contribution is 2.21. The molecule has 0 saturated heterocycles. The fourth-order valence-corrected chi connectivity index (χ4v) is 1.28. The van der Waals surface area contributed by atoms with E-state index in [-0.39, 0.29) is 11.5 Å². The summed E-state index contributed by atoms with van der Waals surface area (Å²) in [6, 6.07) is 16.4. The van der Waals surface area contributed by atoms with E-state index in [4.69, 9.17) is 15.9 Å². The first-order chi connectivity index (χ1) is 8.24. The van der Waals surface area contributed by atoms with Crippen molar-refractivity contribution >= 4 is 0 Å². The first kappa shape index (κ1) is 13.1. The van der Waals surface area contributed by atoms with E-state index in [0.29, 0.717) is 0 Å². The van der Waals surface area contributed by atoms with E-state index in [0.717, 1.165) is 13.0 Å². The van der Waals surface area contributed by atoms with E-state index >= 15 is 0 Å². The molecule has 4 N–H and O–H groups in total. The highest BCUT2D eigenvalue weighted by atomic mass is 16.3. The zero-order valence-corrected chi connectivity index (χ0v) is 9.58. The molecule has 0 bridgehead atoms. The van der Waals surface area contributed by atoms with Gasteiger partial charge >= 0.3 is 0 Å². The van der Waals surface area contributed by atoms with Gasteiger partial charge in [-0.3, -0.25) is 0 Å². The predicted octanol–water partition coefficient (Wildman–Crippen LogP) is 2.29. The van der Waals surface area contributed by atoms with Crippen LogP contribution in [0.1, 0.15) is 5.56 Å². The monoisotopic (exact) mass is 231 g/mol. The molecule has 0 spiro atoms. The van der Waals surface area contributed by atoms with Gasteiger partial charge in [0.25, 0.3) is 0 Å². The Morgan fingerprint density at radius 2 is 1.24 bits per heavy atom. The zero-order valence-electron chi connectivity index (χ0n) is 9.58. The van der Waals surface area contributed by atoms with E-state index < -0.39 is 0 Å². The molecule has 3 nitrogen and oxygen atoms in total. The SMILES string of the molecule is NCCc1ccccc1.Oc1ccccc1O. The van der Waals surface area contributed by atoms with Gasteiger partial charge in [-0.25, -0.2) is 0 Å². The number of benzene rings is 2. The number of hydrogen-bond donors (Lipinski definition) is 3. The number of phenols is 2. The van der Waals surface area contributed by atoms with Crippen molar-refractivity contribution in [2.45, 2.75) is 6.42 Å². The van der Waals surface area contributed by atoms with Crippen molar-refractivity contribution in [3.8, 4) is 11.5 Å². The highest BCUT2D eigenvalue weighted by Gasteiger charge is 1.90. The maximum Gasteiger partial charge on any atom is 0.157 e. The summed E-state index contributed by atoms with van der Waals surface area (Å²) < 4.78 is 0. The van der Waals surface area contributed by atoms with Crippen molar-refractivity contribution in [3.05, 3.63) is 60.2 Å². The fraction of sp³-hybridized carbons (Fsp3) is 0.143. The van der Waals surface area contributed by atoms with Gasteiger partial charge in [-0.2, -0.15) is 0 Å². The third-order valence-electron chi connectivity index (χ3n) is 2.16. The number of rotatable bonds is 2. The summed E-state index contributed by atoms with van der Waals surface area (Å²) in [6.45, 7) is 0.740. The van der Waals surface area contributed by atoms with E-state index in [9.17, 15) is 0 Å². The minimum absolute atomic E-state index is 0.0764. The summed E-state index contributed by atoms with van der Waals surface area (Å²) in [4.78, 5) is 0. The second-order valence-corrected chi connectivity index (χ2v) is 3.51. The Labute approximate surface area is 101 Å². The van der Waals surface area contributed by atoms with Crippen molar-refractivity contribution in [3.63, 3.8) is 0 Å². The molecule has 0 amide bonds. The largest absolute Gasteiger partial charge is 0.504 e. The Kier molecular flexibility index (Phi) is 5.61. The van der Waals surface area contributed by atoms with Crippen molar-refractivity contribution in [1.29, 1.82) is 0 Å². The minimum atomic E-state index is -0.0764. The Bertz CT molecular complexity index is 408. The molecule has 2 aromatic carbocycles. The topological polar surface area (TPSA) is 66.5 Å². The van der Waals surface area contributed by atoms with Crippen LogP contribution in [-0.2, 0) is 6.42 Å². The summed E-state index contributed by atoms with van der Waals surface area (Å²) in [5.41, 5.74) is 6.68. The molecule has 17 heavy (non-hydrogen) atoms. The molecule has 0 aliphatic carbocycles. The number of nitrogens with two attached hydrogens (primary N) is 1. The minimum Gasteiger partial charge on any atom is -0.504 e. The molecule has 0 fully saturated rings. The maximum atomic E-state index is 8.67. The Balaban J connectivity index is 0.000000171. The Hall–Kier alpha value is -2.00. The van der Waals surface area contributed by atoms with Crippen LogP contribution in [0, 0.1) is 0 Å². The molecule has 0 heterocycles. The number of aromatic hydroxyl groups is 2. The molecule has 0 aliphatic rings. The molecular weight excluding hydrogens is 214 g/mol. The summed E-state index contributed by atoms with van der Waals surface area (Å²) in [7, 11) is 0. The van der Waals surface area contributed by atoms with Gasteiger partial charge in [0.1, 0.15) is 0 Å². The number of para-hydroxylation sites is 2. The van der Waals surface area contributed by atoms with Crippen molar-refractivity contribution in [2.24, 2.45) is 5.73 Å². The summed E-state index contributed by atoms with van der Waals surface area (Å²) in [5, 5.41) is 17.3. The molecule has 2 aromatic rings. The Morgan fingerprint density at radius 3 is 1.65 bits per heavy atom. The molecule has 90 valence electrons. The van der Waals surface area contributed by atoms with E-state index in [1.807, 2.05) is 18.2 Å². The first-order valence-corrected chi connectivity index (χ1v) is 5.45. The van der Waals surface area contributed by atoms with Crippen molar-refractivity contribution in [2.75, 3.05) is 6.54 Å². The van der Waals surface area contributed by atoms with Crippen LogP contribution in [0.5, 0.6) is 11.5 Å². The maximum absolute atomic E-state index is 8.67. The average Bonchev–Trinajstić information content (AvgIpc) is 2.36. The second kappa shape index (κ2) is 7.30. The Morgan fingerprint density at radius 1 is 0.765 bits per heavy atom. The van der Waals surface area contributed by atoms with Crippen LogP contribution < -0.4 is 5.73 Å². The van der Waals surface area contributed by atoms with Gasteiger partial charge in [0.2, 0.25) is 0 Å². The van der Waals surface area contributed by atoms with Gasteiger partial charge in [0.15, 0.2) is 11.5 Å². The normalized spacial score (nSPS) is 9.24. The van der Waals surface area contributed by atoms with E-state index in [1.54, 1.807) is 12.1 Å². The van der Waals surface area contributed by atoms with Crippen molar-refractivity contribution < 1.29 is 10.2 Å². The number of hydrogen-bond acceptors (Lipinski definition) is 3. The standard InChI is InChI=1S/C8H11N.C6H6O2/c9-7-6-8-4-2-1-3-5-8;7-5-3-1-2-4-6(5)8/h1-5H,6-7,9H2;1-4,7-8H. The molecule has 0 aliphatic heterocycles. The quantitative estimate of drug-likeness (QED) is 0.695. The van der Waals surface area contributed by atoms with Crippen LogP contribution in [0.3, 0.4) is 0 Å². The summed E-state index contributed by atoms with van der Waals surface area (Å²) >= 11 is 0. The van der Waals surface area contributed by atoms with Crippen LogP contribution in [0.4, 0.5) is 0 Å². The molecule has 0 unspecified atom stereocenters. The molecule has 3 heteroatoms. The molecule has 2 rings (SSSR count). The van der Waals surface area contributed by atoms with Gasteiger partial charge < -0.3 is 15.9 Å². The summed E-state index contributed by atoms with van der Waals surface area (Å²) in [5.74, 6) is -0.153. The van der Waals surface area contributed by atoms with Gasteiger partial charge in [-0.05, 0) is 30.7 Å². The molecule has 0 atom stereocenters. The molecule has 0 radical (unpaired) electrons. The van der Waals surface area contributed by atoms with Gasteiger partial charge in [-0.1, -0.05) is 42.5 Å². The second-order valence-electron chi connectivity index (χ2n) is 3.51. The fourth-order valence-electron chi connectivity index (χ4n) is 1.28. The molecular formula is C14H17NO2. The van der Waals surface area contributed by atoms with Crippen LogP contribution in [0.15, 0.2) is 54.6 Å². The van der Waals surface area contributed by atoms with Crippen LogP contribution in [-0.4, -0.2) is 16.8 Å². The molecule has 0 aromatic heterocycles. The lowest BCUT2D eigenvalue weighted by atomic mass is 10.2. The van der Waals surface area contributed by atoms with Crippen LogP contribution in [0.25, 0.3) is 0 Å². The zero-order chi connectivity index (χ0) is 12.5. The summed E-state index contributed by atoms with van der Waals surface area (Å²) in [6.07, 6.45) is 0.987. The van der Waals surface area contributed by atoms with Crippen LogP contribution >= 0.6 is 0 Å². The van der Waals surface area contributed by atoms with Gasteiger partial charge in [-0.15, -0.1) is 0 Å². The smallest absolute Gasteiger partial charge is 0.157 e. The number of phenolic OH excluding ortho intramolecular Hbond substituents is 2. The lowest BCUT2D eigenvalue weighted by molar-refractivity contribution is 0.404. The average molecular weight is 231 g/mol.